The molecule has 2 heterocycles. The fourth-order valence-electron chi connectivity index (χ4n) is 2.88. The molecule has 1 aromatic heterocycles. The molecule has 0 saturated heterocycles. The number of carbonyl (C=O) groups excluding carboxylic acids is 1. The van der Waals surface area contributed by atoms with Crippen molar-refractivity contribution in [2.75, 3.05) is 5.32 Å². The van der Waals surface area contributed by atoms with Crippen molar-refractivity contribution in [3.63, 3.8) is 0 Å². The van der Waals surface area contributed by atoms with Crippen molar-refractivity contribution in [3.8, 4) is 5.75 Å². The highest BCUT2D eigenvalue weighted by Gasteiger charge is 2.29. The summed E-state index contributed by atoms with van der Waals surface area (Å²) in [7, 11) is 0. The molecule has 1 aliphatic heterocycles. The fourth-order valence-corrected chi connectivity index (χ4v) is 3.00. The zero-order valence-electron chi connectivity index (χ0n) is 13.2. The normalized spacial score (nSPS) is 16.2. The predicted octanol–water partition coefficient (Wildman–Crippen LogP) is 3.44. The number of hydrogen-bond acceptors (Lipinski definition) is 4. The Balaban J connectivity index is 1.61. The first-order chi connectivity index (χ1) is 12.2. The van der Waals surface area contributed by atoms with Crippen LogP contribution in [0.5, 0.6) is 5.75 Å². The standard InChI is InChI=1S/C18H15ClN4O2/c19-13-7-5-12(6-8-13)10-25-16-4-2-1-3-14(16)15-9-17(24)22-18-20-11-21-23(15)18/h1-8,11,15H,9-10H2,(H,20,21,22,24)/t15-/m1/s1. The van der Waals surface area contributed by atoms with Crippen LogP contribution in [0, 0.1) is 0 Å². The number of hydrogen-bond donors (Lipinski definition) is 1. The number of anilines is 1. The predicted molar refractivity (Wildman–Crippen MR) is 93.6 cm³/mol. The maximum Gasteiger partial charge on any atom is 0.229 e. The second-order valence-electron chi connectivity index (χ2n) is 5.75. The van der Waals surface area contributed by atoms with Gasteiger partial charge in [0.15, 0.2) is 0 Å². The molecule has 2 aromatic carbocycles. The van der Waals surface area contributed by atoms with E-state index in [2.05, 4.69) is 15.4 Å². The van der Waals surface area contributed by atoms with Gasteiger partial charge in [-0.05, 0) is 23.8 Å². The van der Waals surface area contributed by atoms with E-state index >= 15 is 0 Å². The van der Waals surface area contributed by atoms with Crippen LogP contribution in [0.15, 0.2) is 54.9 Å². The number of halogens is 1. The lowest BCUT2D eigenvalue weighted by Gasteiger charge is -2.25. The highest BCUT2D eigenvalue weighted by Crippen LogP contribution is 2.34. The van der Waals surface area contributed by atoms with E-state index in [-0.39, 0.29) is 18.4 Å². The molecule has 25 heavy (non-hydrogen) atoms. The van der Waals surface area contributed by atoms with Crippen molar-refractivity contribution >= 4 is 23.5 Å². The van der Waals surface area contributed by atoms with Crippen LogP contribution in [0.3, 0.4) is 0 Å². The summed E-state index contributed by atoms with van der Waals surface area (Å²) in [5.74, 6) is 1.09. The Kier molecular flexibility index (Phi) is 4.11. The number of fused-ring (bicyclic) bond motifs is 1. The molecule has 6 nitrogen and oxygen atoms in total. The van der Waals surface area contributed by atoms with Crippen molar-refractivity contribution in [2.45, 2.75) is 19.1 Å². The summed E-state index contributed by atoms with van der Waals surface area (Å²) in [6.07, 6.45) is 1.72. The van der Waals surface area contributed by atoms with Crippen LogP contribution in [0.25, 0.3) is 0 Å². The number of benzene rings is 2. The summed E-state index contributed by atoms with van der Waals surface area (Å²) in [5.41, 5.74) is 1.92. The highest BCUT2D eigenvalue weighted by atomic mass is 35.5. The topological polar surface area (TPSA) is 69.0 Å². The third-order valence-electron chi connectivity index (χ3n) is 4.08. The molecule has 1 N–H and O–H groups in total. The molecule has 0 radical (unpaired) electrons. The monoisotopic (exact) mass is 354 g/mol. The lowest BCUT2D eigenvalue weighted by molar-refractivity contribution is -0.117. The first-order valence-electron chi connectivity index (χ1n) is 7.86. The van der Waals surface area contributed by atoms with Gasteiger partial charge in [0.2, 0.25) is 11.9 Å². The third kappa shape index (κ3) is 3.21. The molecule has 126 valence electrons. The number of para-hydroxylation sites is 1. The molecular formula is C18H15ClN4O2. The van der Waals surface area contributed by atoms with Gasteiger partial charge in [0.25, 0.3) is 0 Å². The van der Waals surface area contributed by atoms with E-state index in [1.54, 1.807) is 4.68 Å². The second-order valence-corrected chi connectivity index (χ2v) is 6.19. The molecule has 0 unspecified atom stereocenters. The summed E-state index contributed by atoms with van der Waals surface area (Å²) in [4.78, 5) is 16.1. The van der Waals surface area contributed by atoms with E-state index in [1.165, 1.54) is 6.33 Å². The maximum absolute atomic E-state index is 12.0. The van der Waals surface area contributed by atoms with Gasteiger partial charge in [0.05, 0.1) is 12.5 Å². The van der Waals surface area contributed by atoms with E-state index in [0.29, 0.717) is 17.6 Å². The van der Waals surface area contributed by atoms with E-state index in [0.717, 1.165) is 16.9 Å². The van der Waals surface area contributed by atoms with E-state index in [4.69, 9.17) is 16.3 Å². The van der Waals surface area contributed by atoms with Crippen molar-refractivity contribution in [3.05, 3.63) is 71.0 Å². The van der Waals surface area contributed by atoms with Gasteiger partial charge in [0, 0.05) is 10.6 Å². The number of ether oxygens (including phenoxy) is 1. The van der Waals surface area contributed by atoms with Crippen molar-refractivity contribution in [2.24, 2.45) is 0 Å². The minimum atomic E-state index is -0.243. The molecule has 0 spiro atoms. The maximum atomic E-state index is 12.0. The van der Waals surface area contributed by atoms with Crippen LogP contribution < -0.4 is 10.1 Å². The molecule has 0 bridgehead atoms. The average Bonchev–Trinajstić information content (AvgIpc) is 3.09. The van der Waals surface area contributed by atoms with Crippen LogP contribution in [0.2, 0.25) is 5.02 Å². The molecule has 1 amide bonds. The van der Waals surface area contributed by atoms with E-state index in [9.17, 15) is 4.79 Å². The van der Waals surface area contributed by atoms with Gasteiger partial charge in [-0.3, -0.25) is 10.1 Å². The molecule has 1 atom stereocenters. The summed E-state index contributed by atoms with van der Waals surface area (Å²) >= 11 is 5.91. The van der Waals surface area contributed by atoms with E-state index < -0.39 is 0 Å². The molecule has 1 aliphatic rings. The van der Waals surface area contributed by atoms with Gasteiger partial charge in [-0.25, -0.2) is 4.68 Å². The van der Waals surface area contributed by atoms with Crippen LogP contribution in [-0.2, 0) is 11.4 Å². The van der Waals surface area contributed by atoms with E-state index in [1.807, 2.05) is 48.5 Å². The number of aromatic nitrogens is 3. The van der Waals surface area contributed by atoms with Crippen LogP contribution in [0.1, 0.15) is 23.6 Å². The zero-order chi connectivity index (χ0) is 17.2. The lowest BCUT2D eigenvalue weighted by Crippen LogP contribution is -2.29. The SMILES string of the molecule is O=C1C[C@H](c2ccccc2OCc2ccc(Cl)cc2)n2ncnc2N1. The number of amides is 1. The number of nitrogens with one attached hydrogen (secondary N) is 1. The number of nitrogens with zero attached hydrogens (tertiary/aromatic N) is 3. The minimum absolute atomic E-state index is 0.0852. The fraction of sp³-hybridized carbons (Fsp3) is 0.167. The summed E-state index contributed by atoms with van der Waals surface area (Å²) in [6, 6.07) is 15.0. The van der Waals surface area contributed by atoms with Crippen LogP contribution in [0.4, 0.5) is 5.95 Å². The largest absolute Gasteiger partial charge is 0.489 e. The Bertz CT molecular complexity index is 907. The smallest absolute Gasteiger partial charge is 0.229 e. The Morgan fingerprint density at radius 1 is 1.20 bits per heavy atom. The van der Waals surface area contributed by atoms with Gasteiger partial charge >= 0.3 is 0 Å². The first kappa shape index (κ1) is 15.7. The van der Waals surface area contributed by atoms with Gasteiger partial charge < -0.3 is 4.74 Å². The van der Waals surface area contributed by atoms with Crippen LogP contribution in [-0.4, -0.2) is 20.7 Å². The molecule has 7 heteroatoms. The summed E-state index contributed by atoms with van der Waals surface area (Å²) in [5, 5.41) is 7.65. The molecule has 0 fully saturated rings. The molecular weight excluding hydrogens is 340 g/mol. The van der Waals surface area contributed by atoms with Crippen molar-refractivity contribution in [1.29, 1.82) is 0 Å². The Hall–Kier alpha value is -2.86. The lowest BCUT2D eigenvalue weighted by atomic mass is 10.0. The third-order valence-corrected chi connectivity index (χ3v) is 4.34. The summed E-state index contributed by atoms with van der Waals surface area (Å²) < 4.78 is 7.72. The Labute approximate surface area is 149 Å². The second kappa shape index (κ2) is 6.57. The van der Waals surface area contributed by atoms with Crippen LogP contribution >= 0.6 is 11.6 Å². The number of carbonyl (C=O) groups is 1. The van der Waals surface area contributed by atoms with Gasteiger partial charge in [-0.1, -0.05) is 41.9 Å². The van der Waals surface area contributed by atoms with Gasteiger partial charge in [-0.2, -0.15) is 10.1 Å². The van der Waals surface area contributed by atoms with Gasteiger partial charge in [0.1, 0.15) is 18.7 Å². The van der Waals surface area contributed by atoms with Crippen molar-refractivity contribution in [1.82, 2.24) is 14.8 Å². The van der Waals surface area contributed by atoms with Gasteiger partial charge in [-0.15, -0.1) is 0 Å². The number of rotatable bonds is 4. The molecule has 3 aromatic rings. The minimum Gasteiger partial charge on any atom is -0.489 e. The molecule has 0 aliphatic carbocycles. The first-order valence-corrected chi connectivity index (χ1v) is 8.24. The Morgan fingerprint density at radius 2 is 2.00 bits per heavy atom. The zero-order valence-corrected chi connectivity index (χ0v) is 14.0. The summed E-state index contributed by atoms with van der Waals surface area (Å²) in [6.45, 7) is 0.414. The average molecular weight is 355 g/mol. The van der Waals surface area contributed by atoms with Crippen molar-refractivity contribution < 1.29 is 9.53 Å². The molecule has 0 saturated carbocycles. The quantitative estimate of drug-likeness (QED) is 0.779. The highest BCUT2D eigenvalue weighted by molar-refractivity contribution is 6.30. The Morgan fingerprint density at radius 3 is 2.84 bits per heavy atom. The molecule has 4 rings (SSSR count).